The number of rotatable bonds is 2. The van der Waals surface area contributed by atoms with Crippen LogP contribution in [0.5, 0.6) is 0 Å². The van der Waals surface area contributed by atoms with Crippen molar-refractivity contribution in [2.45, 2.75) is 0 Å². The minimum Gasteiger partial charge on any atom is -0.368 e. The quantitative estimate of drug-likeness (QED) is 0.724. The second-order valence-corrected chi connectivity index (χ2v) is 3.16. The van der Waals surface area contributed by atoms with Crippen LogP contribution in [-0.4, -0.2) is 38.6 Å². The molecule has 0 unspecified atom stereocenters. The zero-order chi connectivity index (χ0) is 10.8. The highest BCUT2D eigenvalue weighted by Gasteiger charge is 2.06. The van der Waals surface area contributed by atoms with Crippen LogP contribution in [0.15, 0.2) is 18.7 Å². The number of aromatic nitrogens is 5. The number of hydrogen-bond donors (Lipinski definition) is 1. The fourth-order valence-corrected chi connectivity index (χ4v) is 1.06. The Kier molecular flexibility index (Phi) is 2.20. The molecule has 0 aliphatic heterocycles. The Labute approximate surface area is 86.6 Å². The van der Waals surface area contributed by atoms with Gasteiger partial charge in [0, 0.05) is 26.5 Å². The molecule has 15 heavy (non-hydrogen) atoms. The van der Waals surface area contributed by atoms with E-state index in [0.29, 0.717) is 11.9 Å². The first-order valence-electron chi connectivity index (χ1n) is 4.34. The maximum atomic E-state index is 5.58. The largest absolute Gasteiger partial charge is 0.368 e. The molecule has 7 heteroatoms. The second-order valence-electron chi connectivity index (χ2n) is 3.16. The minimum atomic E-state index is 0.192. The van der Waals surface area contributed by atoms with Crippen molar-refractivity contribution in [3.05, 3.63) is 18.7 Å². The topological polar surface area (TPSA) is 85.8 Å². The van der Waals surface area contributed by atoms with Crippen LogP contribution in [0.3, 0.4) is 0 Å². The summed E-state index contributed by atoms with van der Waals surface area (Å²) >= 11 is 0. The molecule has 0 radical (unpaired) electrons. The molecule has 2 aromatic rings. The van der Waals surface area contributed by atoms with Gasteiger partial charge in [0.25, 0.3) is 0 Å². The maximum Gasteiger partial charge on any atom is 0.241 e. The molecule has 0 atom stereocenters. The zero-order valence-corrected chi connectivity index (χ0v) is 8.49. The van der Waals surface area contributed by atoms with E-state index in [1.165, 1.54) is 0 Å². The van der Waals surface area contributed by atoms with Crippen LogP contribution >= 0.6 is 0 Å². The van der Waals surface area contributed by atoms with Crippen LogP contribution < -0.4 is 10.6 Å². The van der Waals surface area contributed by atoms with Crippen molar-refractivity contribution in [2.75, 3.05) is 24.7 Å². The first-order valence-corrected chi connectivity index (χ1v) is 4.34. The lowest BCUT2D eigenvalue weighted by molar-refractivity contribution is 0.877. The molecule has 7 nitrogen and oxygen atoms in total. The summed E-state index contributed by atoms with van der Waals surface area (Å²) in [5.74, 6) is 1.17. The molecule has 0 saturated carbocycles. The predicted molar refractivity (Wildman–Crippen MR) is 55.7 cm³/mol. The molecule has 2 heterocycles. The van der Waals surface area contributed by atoms with Crippen LogP contribution in [0.1, 0.15) is 0 Å². The van der Waals surface area contributed by atoms with Crippen molar-refractivity contribution < 1.29 is 0 Å². The van der Waals surface area contributed by atoms with E-state index in [0.717, 1.165) is 0 Å². The number of nitrogens with zero attached hydrogens (tertiary/aromatic N) is 6. The van der Waals surface area contributed by atoms with Gasteiger partial charge in [-0.3, -0.25) is 4.57 Å². The summed E-state index contributed by atoms with van der Waals surface area (Å²) in [5.41, 5.74) is 5.58. The Morgan fingerprint density at radius 2 is 2.07 bits per heavy atom. The molecule has 2 aromatic heterocycles. The molecule has 0 aliphatic rings. The molecule has 0 aromatic carbocycles. The van der Waals surface area contributed by atoms with Gasteiger partial charge in [-0.2, -0.15) is 15.0 Å². The third-order valence-corrected chi connectivity index (χ3v) is 1.76. The van der Waals surface area contributed by atoms with Crippen LogP contribution in [-0.2, 0) is 0 Å². The van der Waals surface area contributed by atoms with E-state index < -0.39 is 0 Å². The van der Waals surface area contributed by atoms with Crippen LogP contribution in [0.4, 0.5) is 11.9 Å². The molecular weight excluding hydrogens is 194 g/mol. The first-order chi connectivity index (χ1) is 7.16. The van der Waals surface area contributed by atoms with Crippen molar-refractivity contribution in [1.82, 2.24) is 24.5 Å². The van der Waals surface area contributed by atoms with E-state index in [4.69, 9.17) is 5.73 Å². The third kappa shape index (κ3) is 1.85. The number of anilines is 2. The Morgan fingerprint density at radius 3 is 2.67 bits per heavy atom. The zero-order valence-electron chi connectivity index (χ0n) is 8.49. The number of imidazole rings is 1. The molecule has 0 fully saturated rings. The van der Waals surface area contributed by atoms with Gasteiger partial charge in [-0.1, -0.05) is 0 Å². The fraction of sp³-hybridized carbons (Fsp3) is 0.250. The third-order valence-electron chi connectivity index (χ3n) is 1.76. The Bertz CT molecular complexity index is 448. The molecule has 0 spiro atoms. The summed E-state index contributed by atoms with van der Waals surface area (Å²) in [6.07, 6.45) is 5.00. The Morgan fingerprint density at radius 1 is 1.27 bits per heavy atom. The van der Waals surface area contributed by atoms with Crippen LogP contribution in [0.2, 0.25) is 0 Å². The summed E-state index contributed by atoms with van der Waals surface area (Å²) < 4.78 is 1.67. The number of nitrogens with two attached hydrogens (primary N) is 1. The van der Waals surface area contributed by atoms with E-state index in [9.17, 15) is 0 Å². The lowest BCUT2D eigenvalue weighted by atomic mass is 10.7. The maximum absolute atomic E-state index is 5.58. The lowest BCUT2D eigenvalue weighted by Gasteiger charge is -2.11. The molecule has 2 rings (SSSR count). The SMILES string of the molecule is CN(C)c1nc(N)nc(-n2ccnc2)n1. The summed E-state index contributed by atoms with van der Waals surface area (Å²) in [7, 11) is 3.68. The van der Waals surface area contributed by atoms with Crippen molar-refractivity contribution in [3.63, 3.8) is 0 Å². The van der Waals surface area contributed by atoms with Gasteiger partial charge in [-0.25, -0.2) is 4.98 Å². The van der Waals surface area contributed by atoms with Gasteiger partial charge in [0.15, 0.2) is 0 Å². The standard InChI is InChI=1S/C8H11N7/c1-14(2)7-11-6(9)12-8(13-7)15-4-3-10-5-15/h3-5H,1-2H3,(H2,9,11,12,13). The summed E-state index contributed by atoms with van der Waals surface area (Å²) in [5, 5.41) is 0. The van der Waals surface area contributed by atoms with Crippen molar-refractivity contribution in [2.24, 2.45) is 0 Å². The van der Waals surface area contributed by atoms with Crippen LogP contribution in [0.25, 0.3) is 5.95 Å². The Balaban J connectivity index is 2.49. The molecule has 78 valence electrons. The summed E-state index contributed by atoms with van der Waals surface area (Å²) in [4.78, 5) is 17.9. The van der Waals surface area contributed by atoms with Gasteiger partial charge in [-0.05, 0) is 0 Å². The number of nitrogen functional groups attached to an aromatic ring is 1. The average Bonchev–Trinajstić information content (AvgIpc) is 2.69. The Hall–Kier alpha value is -2.18. The average molecular weight is 205 g/mol. The van der Waals surface area contributed by atoms with Crippen molar-refractivity contribution in [3.8, 4) is 5.95 Å². The van der Waals surface area contributed by atoms with Crippen molar-refractivity contribution in [1.29, 1.82) is 0 Å². The summed E-state index contributed by atoms with van der Waals surface area (Å²) in [6, 6.07) is 0. The molecule has 0 bridgehead atoms. The molecule has 0 amide bonds. The number of hydrogen-bond acceptors (Lipinski definition) is 6. The fourth-order valence-electron chi connectivity index (χ4n) is 1.06. The van der Waals surface area contributed by atoms with Gasteiger partial charge in [-0.15, -0.1) is 0 Å². The minimum absolute atomic E-state index is 0.192. The van der Waals surface area contributed by atoms with Crippen LogP contribution in [0, 0.1) is 0 Å². The highest BCUT2D eigenvalue weighted by Crippen LogP contribution is 2.08. The molecule has 0 aliphatic carbocycles. The van der Waals surface area contributed by atoms with E-state index in [1.54, 1.807) is 28.2 Å². The highest BCUT2D eigenvalue weighted by atomic mass is 15.3. The molecular formula is C8H11N7. The smallest absolute Gasteiger partial charge is 0.241 e. The molecule has 2 N–H and O–H groups in total. The van der Waals surface area contributed by atoms with E-state index in [1.807, 2.05) is 14.1 Å². The van der Waals surface area contributed by atoms with Gasteiger partial charge in [0.1, 0.15) is 6.33 Å². The second kappa shape index (κ2) is 3.52. The van der Waals surface area contributed by atoms with Gasteiger partial charge in [0.2, 0.25) is 17.8 Å². The van der Waals surface area contributed by atoms with E-state index in [-0.39, 0.29) is 5.95 Å². The van der Waals surface area contributed by atoms with E-state index in [2.05, 4.69) is 19.9 Å². The van der Waals surface area contributed by atoms with Gasteiger partial charge >= 0.3 is 0 Å². The van der Waals surface area contributed by atoms with Gasteiger partial charge < -0.3 is 10.6 Å². The summed E-state index contributed by atoms with van der Waals surface area (Å²) in [6.45, 7) is 0. The van der Waals surface area contributed by atoms with Gasteiger partial charge in [0.05, 0.1) is 0 Å². The van der Waals surface area contributed by atoms with E-state index >= 15 is 0 Å². The lowest BCUT2D eigenvalue weighted by Crippen LogP contribution is -2.16. The normalized spacial score (nSPS) is 10.3. The predicted octanol–water partition coefficient (Wildman–Crippen LogP) is -0.295. The molecule has 0 saturated heterocycles. The highest BCUT2D eigenvalue weighted by molar-refractivity contribution is 5.36. The monoisotopic (exact) mass is 205 g/mol. The first kappa shape index (κ1) is 9.38. The van der Waals surface area contributed by atoms with Crippen molar-refractivity contribution >= 4 is 11.9 Å².